The summed E-state index contributed by atoms with van der Waals surface area (Å²) in [7, 11) is 0. The van der Waals surface area contributed by atoms with Crippen LogP contribution >= 0.6 is 0 Å². The van der Waals surface area contributed by atoms with E-state index in [-0.39, 0.29) is 20.9 Å². The molecule has 0 heterocycles. The fraction of sp³-hybridized carbons (Fsp3) is 0.261. The summed E-state index contributed by atoms with van der Waals surface area (Å²) >= 11 is 0.555. The molecule has 4 heteroatoms. The normalized spacial score (nSPS) is 12.5. The molecule has 2 rings (SSSR count). The van der Waals surface area contributed by atoms with E-state index in [9.17, 15) is 4.79 Å². The first kappa shape index (κ1) is 21.7. The summed E-state index contributed by atoms with van der Waals surface area (Å²) < 4.78 is 7.96. The van der Waals surface area contributed by atoms with Crippen LogP contribution < -0.4 is 8.92 Å². The van der Waals surface area contributed by atoms with Gasteiger partial charge in [0.1, 0.15) is 0 Å². The van der Waals surface area contributed by atoms with Crippen LogP contribution in [-0.2, 0) is 9.53 Å². The number of hydrogen-bond donors (Lipinski definition) is 0. The maximum atomic E-state index is 12.4. The van der Waals surface area contributed by atoms with Crippen molar-refractivity contribution in [2.24, 2.45) is 0 Å². The molecule has 0 aliphatic carbocycles. The van der Waals surface area contributed by atoms with Crippen LogP contribution in [0, 0.1) is 0 Å². The number of hydrogen-bond acceptors (Lipinski definition) is 2. The third-order valence-corrected chi connectivity index (χ3v) is 8.47. The van der Waals surface area contributed by atoms with Crippen LogP contribution in [0.2, 0.25) is 5.32 Å². The number of ether oxygens (including phenoxy) is 1. The quantitative estimate of drug-likeness (QED) is 0.231. The molecule has 2 aromatic carbocycles. The Morgan fingerprint density at radius 1 is 0.926 bits per heavy atom. The molecule has 0 aliphatic rings. The van der Waals surface area contributed by atoms with Gasteiger partial charge in [0, 0.05) is 0 Å². The SMILES string of the molecule is CCOC(=O)/C(=C\[Se]c1ccccc1)C/C(C)=C(\C)C[Se]c1ccccc1. The van der Waals surface area contributed by atoms with Gasteiger partial charge in [-0.3, -0.25) is 0 Å². The summed E-state index contributed by atoms with van der Waals surface area (Å²) in [6, 6.07) is 20.9. The predicted octanol–water partition coefficient (Wildman–Crippen LogP) is 3.64. The van der Waals surface area contributed by atoms with Crippen LogP contribution in [0.4, 0.5) is 0 Å². The van der Waals surface area contributed by atoms with Crippen molar-refractivity contribution in [1.82, 2.24) is 0 Å². The van der Waals surface area contributed by atoms with Gasteiger partial charge in [0.15, 0.2) is 0 Å². The van der Waals surface area contributed by atoms with E-state index in [2.05, 4.69) is 61.3 Å². The predicted molar refractivity (Wildman–Crippen MR) is 116 cm³/mol. The third kappa shape index (κ3) is 7.90. The monoisotopic (exact) mass is 494 g/mol. The van der Waals surface area contributed by atoms with Crippen LogP contribution in [-0.4, -0.2) is 42.5 Å². The number of carbonyl (C=O) groups is 1. The molecule has 0 saturated heterocycles. The molecular weight excluding hydrogens is 466 g/mol. The average Bonchev–Trinajstić information content (AvgIpc) is 2.70. The summed E-state index contributed by atoms with van der Waals surface area (Å²) in [5.41, 5.74) is 3.43. The molecule has 0 bridgehead atoms. The van der Waals surface area contributed by atoms with E-state index in [4.69, 9.17) is 4.74 Å². The fourth-order valence-electron chi connectivity index (χ4n) is 2.29. The molecule has 0 amide bonds. The van der Waals surface area contributed by atoms with E-state index in [1.807, 2.05) is 25.1 Å². The summed E-state index contributed by atoms with van der Waals surface area (Å²) in [4.78, 5) is 14.5. The van der Waals surface area contributed by atoms with Gasteiger partial charge in [0.25, 0.3) is 0 Å². The van der Waals surface area contributed by atoms with Gasteiger partial charge >= 0.3 is 176 Å². The second-order valence-electron chi connectivity index (χ2n) is 6.13. The van der Waals surface area contributed by atoms with Gasteiger partial charge in [-0.25, -0.2) is 0 Å². The van der Waals surface area contributed by atoms with Crippen molar-refractivity contribution in [1.29, 1.82) is 0 Å². The van der Waals surface area contributed by atoms with Crippen molar-refractivity contribution in [2.75, 3.05) is 6.61 Å². The van der Waals surface area contributed by atoms with Crippen molar-refractivity contribution in [3.63, 3.8) is 0 Å². The molecule has 0 aliphatic heterocycles. The van der Waals surface area contributed by atoms with E-state index in [1.54, 1.807) is 0 Å². The van der Waals surface area contributed by atoms with Crippen LogP contribution in [0.3, 0.4) is 0 Å². The Labute approximate surface area is 175 Å². The molecular formula is C23H26O2Se2. The van der Waals surface area contributed by atoms with Crippen molar-refractivity contribution >= 4 is 44.8 Å². The Kier molecular flexibility index (Phi) is 9.66. The van der Waals surface area contributed by atoms with Gasteiger partial charge < -0.3 is 0 Å². The summed E-state index contributed by atoms with van der Waals surface area (Å²) in [5, 5.41) is 1.07. The Bertz CT molecular complexity index is 781. The second kappa shape index (κ2) is 12.0. The minimum absolute atomic E-state index is 0.130. The molecule has 2 nitrogen and oxygen atoms in total. The van der Waals surface area contributed by atoms with Crippen LogP contribution in [0.1, 0.15) is 27.2 Å². The van der Waals surface area contributed by atoms with Gasteiger partial charge in [0.05, 0.1) is 0 Å². The molecule has 0 radical (unpaired) electrons. The number of rotatable bonds is 9. The maximum absolute atomic E-state index is 12.4. The average molecular weight is 492 g/mol. The first-order valence-electron chi connectivity index (χ1n) is 9.01. The van der Waals surface area contributed by atoms with Gasteiger partial charge in [-0.15, -0.1) is 0 Å². The standard InChI is InChI=1S/C23H26O2Se2/c1-4-25-23(24)20(17-27-22-13-9-6-10-14-22)15-18(2)19(3)16-26-21-11-7-5-8-12-21/h5-14,17H,4,15-16H2,1-3H3/b19-18+,20-17-. The zero-order chi connectivity index (χ0) is 19.5. The van der Waals surface area contributed by atoms with E-state index in [0.29, 0.717) is 28.0 Å². The van der Waals surface area contributed by atoms with Crippen molar-refractivity contribution < 1.29 is 9.53 Å². The minimum atomic E-state index is -0.184. The number of allylic oxidation sites excluding steroid dienone is 2. The summed E-state index contributed by atoms with van der Waals surface area (Å²) in [6.07, 6.45) is 0.671. The molecule has 0 N–H and O–H groups in total. The first-order chi connectivity index (χ1) is 13.1. The fourth-order valence-corrected chi connectivity index (χ4v) is 5.97. The van der Waals surface area contributed by atoms with E-state index in [1.165, 1.54) is 20.1 Å². The van der Waals surface area contributed by atoms with E-state index < -0.39 is 0 Å². The topological polar surface area (TPSA) is 26.3 Å². The molecule has 27 heavy (non-hydrogen) atoms. The first-order valence-corrected chi connectivity index (χ1v) is 12.9. The molecule has 0 fully saturated rings. The zero-order valence-electron chi connectivity index (χ0n) is 16.1. The summed E-state index contributed by atoms with van der Waals surface area (Å²) in [5.74, 6) is -0.184. The third-order valence-electron chi connectivity index (χ3n) is 4.00. The Hall–Kier alpha value is -1.57. The molecule has 0 unspecified atom stereocenters. The van der Waals surface area contributed by atoms with Crippen molar-refractivity contribution in [3.8, 4) is 0 Å². The number of benzene rings is 2. The zero-order valence-corrected chi connectivity index (χ0v) is 19.5. The van der Waals surface area contributed by atoms with Crippen molar-refractivity contribution in [3.05, 3.63) is 82.4 Å². The summed E-state index contributed by atoms with van der Waals surface area (Å²) in [6.45, 7) is 6.59. The Balaban J connectivity index is 2.06. The Morgan fingerprint density at radius 3 is 2.11 bits per heavy atom. The van der Waals surface area contributed by atoms with Crippen LogP contribution in [0.25, 0.3) is 0 Å². The van der Waals surface area contributed by atoms with Crippen LogP contribution in [0.15, 0.2) is 82.4 Å². The van der Waals surface area contributed by atoms with Crippen LogP contribution in [0.5, 0.6) is 0 Å². The molecule has 0 spiro atoms. The van der Waals surface area contributed by atoms with Gasteiger partial charge in [-0.05, 0) is 0 Å². The van der Waals surface area contributed by atoms with Gasteiger partial charge in [0.2, 0.25) is 0 Å². The van der Waals surface area contributed by atoms with Crippen molar-refractivity contribution in [2.45, 2.75) is 32.5 Å². The number of esters is 1. The Morgan fingerprint density at radius 2 is 1.52 bits per heavy atom. The van der Waals surface area contributed by atoms with Gasteiger partial charge in [-0.2, -0.15) is 0 Å². The van der Waals surface area contributed by atoms with E-state index in [0.717, 1.165) is 10.9 Å². The molecule has 2 aromatic rings. The van der Waals surface area contributed by atoms with Gasteiger partial charge in [-0.1, -0.05) is 0 Å². The molecule has 0 aromatic heterocycles. The number of carbonyl (C=O) groups excluding carboxylic acids is 1. The van der Waals surface area contributed by atoms with E-state index >= 15 is 0 Å². The molecule has 0 atom stereocenters. The molecule has 0 saturated carbocycles. The molecule has 142 valence electrons. The second-order valence-corrected chi connectivity index (χ2v) is 10.3.